The fourth-order valence-corrected chi connectivity index (χ4v) is 3.61. The number of hydrogen-bond donors (Lipinski definition) is 1. The number of carbonyl (C=O) groups excluding carboxylic acids is 1. The van der Waals surface area contributed by atoms with Crippen LogP contribution in [0.25, 0.3) is 6.08 Å². The van der Waals surface area contributed by atoms with Gasteiger partial charge in [-0.25, -0.2) is 8.42 Å². The fraction of sp³-hybridized carbons (Fsp3) is 0.0625. The van der Waals surface area contributed by atoms with Gasteiger partial charge in [0.05, 0.1) is 5.02 Å². The number of ketones is 1. The number of rotatable bonds is 5. The summed E-state index contributed by atoms with van der Waals surface area (Å²) in [5, 5.41) is 0.404. The summed E-state index contributed by atoms with van der Waals surface area (Å²) in [5.74, 6) is -0.0628. The van der Waals surface area contributed by atoms with E-state index in [0.29, 0.717) is 10.7 Å². The minimum atomic E-state index is -3.81. The molecule has 0 bridgehead atoms. The van der Waals surface area contributed by atoms with Crippen LogP contribution in [0.4, 0.5) is 5.69 Å². The van der Waals surface area contributed by atoms with E-state index in [4.69, 9.17) is 23.2 Å². The van der Waals surface area contributed by atoms with Gasteiger partial charge in [0.15, 0.2) is 5.78 Å². The van der Waals surface area contributed by atoms with Gasteiger partial charge in [0.1, 0.15) is 4.90 Å². The van der Waals surface area contributed by atoms with Crippen LogP contribution in [0, 0.1) is 0 Å². The molecule has 0 radical (unpaired) electrons. The van der Waals surface area contributed by atoms with Crippen LogP contribution >= 0.6 is 23.2 Å². The van der Waals surface area contributed by atoms with Gasteiger partial charge >= 0.3 is 0 Å². The van der Waals surface area contributed by atoms with Crippen molar-refractivity contribution in [3.8, 4) is 0 Å². The topological polar surface area (TPSA) is 63.2 Å². The Morgan fingerprint density at radius 1 is 1.09 bits per heavy atom. The van der Waals surface area contributed by atoms with Crippen molar-refractivity contribution in [1.82, 2.24) is 0 Å². The van der Waals surface area contributed by atoms with Gasteiger partial charge in [0, 0.05) is 10.7 Å². The van der Waals surface area contributed by atoms with Gasteiger partial charge in [0.2, 0.25) is 0 Å². The van der Waals surface area contributed by atoms with Crippen LogP contribution in [-0.2, 0) is 14.8 Å². The van der Waals surface area contributed by atoms with Crippen LogP contribution in [0.15, 0.2) is 53.4 Å². The smallest absolute Gasteiger partial charge is 0.263 e. The summed E-state index contributed by atoms with van der Waals surface area (Å²) in [5.41, 5.74) is 1.17. The zero-order chi connectivity index (χ0) is 17.0. The number of hydrogen-bond acceptors (Lipinski definition) is 3. The molecule has 0 aliphatic rings. The molecule has 0 atom stereocenters. The Labute approximate surface area is 144 Å². The molecule has 0 saturated carbocycles. The van der Waals surface area contributed by atoms with Crippen LogP contribution in [0.2, 0.25) is 10.0 Å². The number of benzene rings is 2. The average molecular weight is 370 g/mol. The van der Waals surface area contributed by atoms with Crippen LogP contribution in [-0.4, -0.2) is 14.2 Å². The lowest BCUT2D eigenvalue weighted by Crippen LogP contribution is -2.13. The van der Waals surface area contributed by atoms with Crippen LogP contribution in [0.1, 0.15) is 12.5 Å². The van der Waals surface area contributed by atoms with Crippen molar-refractivity contribution in [2.45, 2.75) is 11.8 Å². The van der Waals surface area contributed by atoms with E-state index in [2.05, 4.69) is 4.72 Å². The number of halogens is 2. The van der Waals surface area contributed by atoms with E-state index >= 15 is 0 Å². The lowest BCUT2D eigenvalue weighted by Gasteiger charge is -2.10. The number of anilines is 1. The molecule has 0 unspecified atom stereocenters. The lowest BCUT2D eigenvalue weighted by atomic mass is 10.2. The minimum absolute atomic E-state index is 0.0472. The molecule has 7 heteroatoms. The molecule has 0 aromatic heterocycles. The summed E-state index contributed by atoms with van der Waals surface area (Å²) in [6.07, 6.45) is 3.09. The molecule has 0 spiro atoms. The lowest BCUT2D eigenvalue weighted by molar-refractivity contribution is -0.112. The summed E-state index contributed by atoms with van der Waals surface area (Å²) in [6, 6.07) is 10.8. The Kier molecular flexibility index (Phi) is 5.46. The molecular formula is C16H13Cl2NO3S. The normalized spacial score (nSPS) is 11.6. The largest absolute Gasteiger partial charge is 0.295 e. The highest BCUT2D eigenvalue weighted by atomic mass is 35.5. The van der Waals surface area contributed by atoms with Crippen LogP contribution in [0.5, 0.6) is 0 Å². The van der Waals surface area contributed by atoms with Crippen molar-refractivity contribution in [3.05, 3.63) is 64.1 Å². The van der Waals surface area contributed by atoms with E-state index in [1.54, 1.807) is 30.3 Å². The average Bonchev–Trinajstić information content (AvgIpc) is 2.45. The molecule has 2 rings (SSSR count). The Bertz CT molecular complexity index is 859. The maximum atomic E-state index is 12.3. The Morgan fingerprint density at radius 3 is 2.30 bits per heavy atom. The molecule has 120 valence electrons. The number of sulfonamides is 1. The number of carbonyl (C=O) groups is 1. The maximum absolute atomic E-state index is 12.3. The highest BCUT2D eigenvalue weighted by Gasteiger charge is 2.18. The maximum Gasteiger partial charge on any atom is 0.263 e. The van der Waals surface area contributed by atoms with Gasteiger partial charge in [-0.1, -0.05) is 41.4 Å². The first-order valence-corrected chi connectivity index (χ1v) is 8.78. The first-order chi connectivity index (χ1) is 10.8. The molecule has 1 N–H and O–H groups in total. The molecule has 0 fully saturated rings. The summed E-state index contributed by atoms with van der Waals surface area (Å²) in [7, 11) is -3.81. The van der Waals surface area contributed by atoms with Crippen LogP contribution in [0.3, 0.4) is 0 Å². The van der Waals surface area contributed by atoms with Crippen molar-refractivity contribution >= 4 is 50.8 Å². The summed E-state index contributed by atoms with van der Waals surface area (Å²) in [6.45, 7) is 1.45. The van der Waals surface area contributed by atoms with Gasteiger partial charge in [0.25, 0.3) is 10.0 Å². The molecule has 2 aromatic rings. The monoisotopic (exact) mass is 369 g/mol. The Morgan fingerprint density at radius 2 is 1.74 bits per heavy atom. The summed E-state index contributed by atoms with van der Waals surface area (Å²) >= 11 is 11.7. The number of nitrogens with one attached hydrogen (secondary N) is 1. The fourth-order valence-electron chi connectivity index (χ4n) is 1.78. The molecular weight excluding hydrogens is 357 g/mol. The highest BCUT2D eigenvalue weighted by molar-refractivity contribution is 7.92. The van der Waals surface area contributed by atoms with Crippen molar-refractivity contribution in [2.24, 2.45) is 0 Å². The van der Waals surface area contributed by atoms with E-state index < -0.39 is 10.0 Å². The predicted molar refractivity (Wildman–Crippen MR) is 93.4 cm³/mol. The van der Waals surface area contributed by atoms with Crippen molar-refractivity contribution in [3.63, 3.8) is 0 Å². The molecule has 2 aromatic carbocycles. The van der Waals surface area contributed by atoms with E-state index in [-0.39, 0.29) is 15.7 Å². The van der Waals surface area contributed by atoms with Crippen molar-refractivity contribution in [2.75, 3.05) is 4.72 Å². The van der Waals surface area contributed by atoms with Gasteiger partial charge in [-0.3, -0.25) is 9.52 Å². The molecule has 0 amide bonds. The van der Waals surface area contributed by atoms with Gasteiger partial charge < -0.3 is 0 Å². The van der Waals surface area contributed by atoms with Crippen LogP contribution < -0.4 is 4.72 Å². The first-order valence-electron chi connectivity index (χ1n) is 6.54. The zero-order valence-corrected chi connectivity index (χ0v) is 14.4. The van der Waals surface area contributed by atoms with E-state index in [1.807, 2.05) is 0 Å². The SMILES string of the molecule is CC(=O)/C=C/c1ccc(NS(=O)(=O)c2ccc(Cl)cc2Cl)cc1. The third-order valence-corrected chi connectivity index (χ3v) is 4.96. The van der Waals surface area contributed by atoms with E-state index in [9.17, 15) is 13.2 Å². The summed E-state index contributed by atoms with van der Waals surface area (Å²) in [4.78, 5) is 10.8. The Hall–Kier alpha value is -1.82. The quantitative estimate of drug-likeness (QED) is 0.794. The molecule has 0 heterocycles. The second-order valence-corrected chi connectivity index (χ2v) is 7.24. The van der Waals surface area contributed by atoms with Gasteiger partial charge in [-0.15, -0.1) is 0 Å². The minimum Gasteiger partial charge on any atom is -0.295 e. The van der Waals surface area contributed by atoms with E-state index in [1.165, 1.54) is 31.2 Å². The molecule has 23 heavy (non-hydrogen) atoms. The van der Waals surface area contributed by atoms with E-state index in [0.717, 1.165) is 5.56 Å². The third kappa shape index (κ3) is 4.82. The first kappa shape index (κ1) is 17.5. The standard InChI is InChI=1S/C16H13Cl2NO3S/c1-11(20)2-3-12-4-7-14(8-5-12)19-23(21,22)16-9-6-13(17)10-15(16)18/h2-10,19H,1H3/b3-2+. The third-order valence-electron chi connectivity index (χ3n) is 2.86. The molecule has 0 saturated heterocycles. The Balaban J connectivity index is 2.22. The highest BCUT2D eigenvalue weighted by Crippen LogP contribution is 2.26. The molecule has 0 aliphatic heterocycles. The predicted octanol–water partition coefficient (Wildman–Crippen LogP) is 4.40. The second-order valence-electron chi connectivity index (χ2n) is 4.75. The zero-order valence-electron chi connectivity index (χ0n) is 12.1. The summed E-state index contributed by atoms with van der Waals surface area (Å²) < 4.78 is 27.1. The van der Waals surface area contributed by atoms with Gasteiger partial charge in [-0.05, 0) is 48.9 Å². The van der Waals surface area contributed by atoms with Crippen molar-refractivity contribution < 1.29 is 13.2 Å². The van der Waals surface area contributed by atoms with Crippen molar-refractivity contribution in [1.29, 1.82) is 0 Å². The van der Waals surface area contributed by atoms with Gasteiger partial charge in [-0.2, -0.15) is 0 Å². The molecule has 4 nitrogen and oxygen atoms in total. The molecule has 0 aliphatic carbocycles. The number of allylic oxidation sites excluding steroid dienone is 1. The second kappa shape index (κ2) is 7.17.